The first-order chi connectivity index (χ1) is 15.9. The number of fused-ring (bicyclic) bond motifs is 1. The van der Waals surface area contributed by atoms with Gasteiger partial charge in [0.1, 0.15) is 11.4 Å². The summed E-state index contributed by atoms with van der Waals surface area (Å²) in [7, 11) is 0. The average molecular weight is 467 g/mol. The van der Waals surface area contributed by atoms with Crippen molar-refractivity contribution in [2.75, 3.05) is 28.7 Å². The van der Waals surface area contributed by atoms with E-state index in [1.165, 1.54) is 0 Å². The second kappa shape index (κ2) is 11.3. The third-order valence-corrected chi connectivity index (χ3v) is 5.54. The Kier molecular flexibility index (Phi) is 8.26. The zero-order valence-electron chi connectivity index (χ0n) is 18.7. The van der Waals surface area contributed by atoms with E-state index in [0.29, 0.717) is 22.8 Å². The number of carbonyl (C=O) groups excluding carboxylic acids is 3. The molecule has 0 bridgehead atoms. The van der Waals surface area contributed by atoms with Crippen LogP contribution in [0, 0.1) is 6.92 Å². The fourth-order valence-corrected chi connectivity index (χ4v) is 3.69. The first-order valence-corrected chi connectivity index (χ1v) is 11.6. The molecular weight excluding hydrogens is 440 g/mol. The number of carbonyl (C=O) groups is 3. The van der Waals surface area contributed by atoms with Crippen molar-refractivity contribution in [3.63, 3.8) is 0 Å². The van der Waals surface area contributed by atoms with E-state index in [2.05, 4.69) is 20.9 Å². The van der Waals surface area contributed by atoms with Crippen LogP contribution in [0.3, 0.4) is 0 Å². The van der Waals surface area contributed by atoms with E-state index in [-0.39, 0.29) is 41.3 Å². The number of thioether (sulfide) groups is 1. The Balaban J connectivity index is 1.64. The summed E-state index contributed by atoms with van der Waals surface area (Å²) in [5, 5.41) is 8.66. The predicted octanol–water partition coefficient (Wildman–Crippen LogP) is 3.78. The number of allylic oxidation sites excluding steroid dienone is 1. The van der Waals surface area contributed by atoms with Crippen LogP contribution in [0.1, 0.15) is 19.4 Å². The van der Waals surface area contributed by atoms with E-state index in [9.17, 15) is 14.4 Å². The molecule has 0 radical (unpaired) electrons. The Morgan fingerprint density at radius 2 is 1.64 bits per heavy atom. The normalized spacial score (nSPS) is 12.6. The number of hydrogen-bond donors (Lipinski definition) is 3. The Hall–Kier alpha value is -3.59. The summed E-state index contributed by atoms with van der Waals surface area (Å²) >= 11 is 1.16. The van der Waals surface area contributed by atoms with Crippen molar-refractivity contribution < 1.29 is 19.1 Å². The quantitative estimate of drug-likeness (QED) is 0.536. The van der Waals surface area contributed by atoms with Crippen molar-refractivity contribution in [2.24, 2.45) is 4.99 Å². The average Bonchev–Trinajstić information content (AvgIpc) is 2.90. The number of hydrogen-bond acceptors (Lipinski definition) is 7. The molecule has 3 rings (SSSR count). The van der Waals surface area contributed by atoms with Gasteiger partial charge in [-0.2, -0.15) is 0 Å². The van der Waals surface area contributed by atoms with Gasteiger partial charge >= 0.3 is 5.97 Å². The van der Waals surface area contributed by atoms with Gasteiger partial charge in [0.2, 0.25) is 11.8 Å². The summed E-state index contributed by atoms with van der Waals surface area (Å²) in [6, 6.07) is 14.7. The number of amides is 2. The van der Waals surface area contributed by atoms with Gasteiger partial charge in [0.05, 0.1) is 29.5 Å². The number of aliphatic imine (C=N–C) groups is 1. The van der Waals surface area contributed by atoms with Gasteiger partial charge in [0, 0.05) is 11.4 Å². The molecule has 1 aliphatic rings. The number of ether oxygens (including phenoxy) is 1. The monoisotopic (exact) mass is 466 g/mol. The van der Waals surface area contributed by atoms with Crippen LogP contribution in [0.25, 0.3) is 0 Å². The maximum atomic E-state index is 12.6. The van der Waals surface area contributed by atoms with Crippen LogP contribution in [-0.2, 0) is 19.1 Å². The summed E-state index contributed by atoms with van der Waals surface area (Å²) in [5.41, 5.74) is 3.77. The molecule has 172 valence electrons. The smallest absolute Gasteiger partial charge is 0.343 e. The van der Waals surface area contributed by atoms with Gasteiger partial charge in [0.15, 0.2) is 0 Å². The number of esters is 1. The zero-order chi connectivity index (χ0) is 23.8. The lowest BCUT2D eigenvalue weighted by Crippen LogP contribution is -2.36. The van der Waals surface area contributed by atoms with Crippen molar-refractivity contribution in [1.29, 1.82) is 0 Å². The van der Waals surface area contributed by atoms with E-state index in [1.807, 2.05) is 49.4 Å². The molecular formula is C24H26N4O4S. The van der Waals surface area contributed by atoms with E-state index in [4.69, 9.17) is 4.74 Å². The molecule has 2 aromatic rings. The molecule has 1 aliphatic heterocycles. The zero-order valence-corrected chi connectivity index (χ0v) is 19.5. The van der Waals surface area contributed by atoms with Gasteiger partial charge in [-0.05, 0) is 45.0 Å². The predicted molar refractivity (Wildman–Crippen MR) is 132 cm³/mol. The van der Waals surface area contributed by atoms with Crippen LogP contribution in [-0.4, -0.2) is 41.7 Å². The van der Waals surface area contributed by atoms with Gasteiger partial charge < -0.3 is 20.7 Å². The van der Waals surface area contributed by atoms with Crippen molar-refractivity contribution in [3.8, 4) is 0 Å². The molecule has 3 N–H and O–H groups in total. The van der Waals surface area contributed by atoms with Gasteiger partial charge in [-0.25, -0.2) is 9.79 Å². The van der Waals surface area contributed by atoms with Crippen LogP contribution in [0.15, 0.2) is 64.8 Å². The topological polar surface area (TPSA) is 109 Å². The molecule has 0 aromatic heterocycles. The van der Waals surface area contributed by atoms with Crippen molar-refractivity contribution in [3.05, 3.63) is 65.4 Å². The Bertz CT molecular complexity index is 1110. The first kappa shape index (κ1) is 24.1. The minimum atomic E-state index is -0.584. The first-order valence-electron chi connectivity index (χ1n) is 10.4. The highest BCUT2D eigenvalue weighted by Crippen LogP contribution is 2.30. The highest BCUT2D eigenvalue weighted by molar-refractivity contribution is 8.00. The van der Waals surface area contributed by atoms with Crippen molar-refractivity contribution in [1.82, 2.24) is 5.32 Å². The summed E-state index contributed by atoms with van der Waals surface area (Å²) in [6.07, 6.45) is 0. The fourth-order valence-electron chi connectivity index (χ4n) is 3.08. The number of para-hydroxylation sites is 2. The van der Waals surface area contributed by atoms with Gasteiger partial charge in [-0.1, -0.05) is 29.8 Å². The lowest BCUT2D eigenvalue weighted by molar-refractivity contribution is -0.137. The summed E-state index contributed by atoms with van der Waals surface area (Å²) in [5.74, 6) is -0.930. The highest BCUT2D eigenvalue weighted by atomic mass is 32.2. The lowest BCUT2D eigenvalue weighted by atomic mass is 10.2. The largest absolute Gasteiger partial charge is 0.462 e. The van der Waals surface area contributed by atoms with Gasteiger partial charge in [-0.15, -0.1) is 11.8 Å². The van der Waals surface area contributed by atoms with Crippen LogP contribution < -0.4 is 16.0 Å². The Morgan fingerprint density at radius 1 is 0.970 bits per heavy atom. The second-order valence-corrected chi connectivity index (χ2v) is 8.26. The molecule has 0 unspecified atom stereocenters. The van der Waals surface area contributed by atoms with E-state index >= 15 is 0 Å². The number of anilines is 2. The maximum Gasteiger partial charge on any atom is 0.343 e. The molecule has 33 heavy (non-hydrogen) atoms. The van der Waals surface area contributed by atoms with Crippen molar-refractivity contribution >= 4 is 52.4 Å². The van der Waals surface area contributed by atoms with Gasteiger partial charge in [0.25, 0.3) is 0 Å². The molecule has 0 saturated heterocycles. The molecule has 0 aliphatic carbocycles. The van der Waals surface area contributed by atoms with Crippen LogP contribution in [0.4, 0.5) is 17.1 Å². The van der Waals surface area contributed by atoms with Crippen molar-refractivity contribution in [2.45, 2.75) is 20.8 Å². The van der Waals surface area contributed by atoms with E-state index in [0.717, 1.165) is 17.3 Å². The number of nitrogens with zero attached hydrogens (tertiary/aromatic N) is 1. The van der Waals surface area contributed by atoms with Gasteiger partial charge in [-0.3, -0.25) is 9.59 Å². The van der Waals surface area contributed by atoms with E-state index in [1.54, 1.807) is 19.9 Å². The molecule has 9 heteroatoms. The highest BCUT2D eigenvalue weighted by Gasteiger charge is 2.26. The Labute approximate surface area is 196 Å². The molecule has 2 aromatic carbocycles. The SMILES string of the molecule is CCOC(=O)C1=C(C)Nc2ccccc2N=C1NC(=O)CSCC(=O)Nc1ccc(C)cc1. The number of nitrogens with one attached hydrogen (secondary N) is 3. The molecule has 0 spiro atoms. The third-order valence-electron chi connectivity index (χ3n) is 4.61. The number of benzene rings is 2. The lowest BCUT2D eigenvalue weighted by Gasteiger charge is -2.13. The molecule has 0 fully saturated rings. The number of rotatable bonds is 7. The van der Waals surface area contributed by atoms with Crippen LogP contribution in [0.5, 0.6) is 0 Å². The Morgan fingerprint density at radius 3 is 2.33 bits per heavy atom. The second-order valence-electron chi connectivity index (χ2n) is 7.28. The van der Waals surface area contributed by atoms with Crippen LogP contribution in [0.2, 0.25) is 0 Å². The number of aryl methyl sites for hydroxylation is 1. The minimum absolute atomic E-state index is 0.0184. The summed E-state index contributed by atoms with van der Waals surface area (Å²) < 4.78 is 5.17. The van der Waals surface area contributed by atoms with E-state index < -0.39 is 5.97 Å². The minimum Gasteiger partial charge on any atom is -0.462 e. The summed E-state index contributed by atoms with van der Waals surface area (Å²) in [6.45, 7) is 5.59. The maximum absolute atomic E-state index is 12.6. The molecule has 1 heterocycles. The number of amidine groups is 1. The fraction of sp³-hybridized carbons (Fsp3) is 0.250. The molecule has 8 nitrogen and oxygen atoms in total. The third kappa shape index (κ3) is 6.69. The molecule has 0 saturated carbocycles. The van der Waals surface area contributed by atoms with Crippen LogP contribution >= 0.6 is 11.8 Å². The molecule has 2 amide bonds. The summed E-state index contributed by atoms with van der Waals surface area (Å²) in [4.78, 5) is 41.8. The standard InChI is InChI=1S/C24H26N4O4S/c1-4-32-24(31)22-16(3)25-18-7-5-6-8-19(18)27-23(22)28-21(30)14-33-13-20(29)26-17-11-9-15(2)10-12-17/h5-12,25H,4,13-14H2,1-3H3,(H,26,29)(H,27,28,30). The molecule has 0 atom stereocenters.